The van der Waals surface area contributed by atoms with E-state index in [9.17, 15) is 13.2 Å². The predicted octanol–water partition coefficient (Wildman–Crippen LogP) is 3.47. The number of rotatable bonds is 3. The fourth-order valence-corrected chi connectivity index (χ4v) is 2.08. The van der Waals surface area contributed by atoms with E-state index >= 15 is 0 Å². The van der Waals surface area contributed by atoms with Crippen molar-refractivity contribution in [3.8, 4) is 0 Å². The highest BCUT2D eigenvalue weighted by Gasteiger charge is 2.60. The Hall–Kier alpha value is -1.03. The van der Waals surface area contributed by atoms with Gasteiger partial charge in [-0.25, -0.2) is 0 Å². The first-order valence-electron chi connectivity index (χ1n) is 5.73. The van der Waals surface area contributed by atoms with Crippen molar-refractivity contribution in [3.05, 3.63) is 35.4 Å². The maximum atomic E-state index is 13.0. The lowest BCUT2D eigenvalue weighted by Gasteiger charge is -2.43. The Bertz CT molecular complexity index is 377. The van der Waals surface area contributed by atoms with Crippen molar-refractivity contribution in [3.63, 3.8) is 0 Å². The molecule has 0 amide bonds. The van der Waals surface area contributed by atoms with Crippen molar-refractivity contribution >= 4 is 0 Å². The average Bonchev–Trinajstić information content (AvgIpc) is 2.17. The first kappa shape index (κ1) is 12.4. The Morgan fingerprint density at radius 1 is 1.18 bits per heavy atom. The lowest BCUT2D eigenvalue weighted by atomic mass is 9.77. The molecule has 1 aliphatic rings. The number of benzene rings is 1. The summed E-state index contributed by atoms with van der Waals surface area (Å²) in [5, 5.41) is 0. The summed E-state index contributed by atoms with van der Waals surface area (Å²) in [5.74, 6) is 0. The van der Waals surface area contributed by atoms with Crippen molar-refractivity contribution in [2.75, 3.05) is 13.2 Å². The minimum atomic E-state index is -4.24. The second kappa shape index (κ2) is 4.33. The van der Waals surface area contributed by atoms with Gasteiger partial charge in [0.1, 0.15) is 5.41 Å². The number of alkyl halides is 3. The molecule has 0 aromatic heterocycles. The van der Waals surface area contributed by atoms with Crippen LogP contribution in [0.2, 0.25) is 0 Å². The molecule has 1 fully saturated rings. The normalized spacial score (nSPS) is 18.8. The average molecular weight is 244 g/mol. The van der Waals surface area contributed by atoms with Crippen molar-refractivity contribution in [1.82, 2.24) is 0 Å². The molecule has 0 aliphatic carbocycles. The van der Waals surface area contributed by atoms with Crippen LogP contribution < -0.4 is 0 Å². The summed E-state index contributed by atoms with van der Waals surface area (Å²) in [4.78, 5) is 0. The van der Waals surface area contributed by atoms with E-state index < -0.39 is 11.6 Å². The molecule has 2 rings (SSSR count). The Labute approximate surface area is 98.6 Å². The van der Waals surface area contributed by atoms with E-state index in [0.29, 0.717) is 5.56 Å². The standard InChI is InChI=1S/C13H15F3O/c1-2-3-10-4-6-11(7-5-10)12(8-17-9-12)13(14,15)16/h4-7H,2-3,8-9H2,1H3. The van der Waals surface area contributed by atoms with Crippen LogP contribution in [-0.2, 0) is 16.6 Å². The van der Waals surface area contributed by atoms with E-state index in [1.54, 1.807) is 24.3 Å². The highest BCUT2D eigenvalue weighted by atomic mass is 19.4. The van der Waals surface area contributed by atoms with Gasteiger partial charge in [0, 0.05) is 0 Å². The highest BCUT2D eigenvalue weighted by molar-refractivity contribution is 5.33. The summed E-state index contributed by atoms with van der Waals surface area (Å²) < 4.78 is 43.8. The second-order valence-electron chi connectivity index (χ2n) is 4.52. The Morgan fingerprint density at radius 3 is 2.12 bits per heavy atom. The molecular weight excluding hydrogens is 229 g/mol. The Balaban J connectivity index is 2.26. The van der Waals surface area contributed by atoms with Gasteiger partial charge in [-0.2, -0.15) is 13.2 Å². The molecule has 0 bridgehead atoms. The summed E-state index contributed by atoms with van der Waals surface area (Å²) >= 11 is 0. The third-order valence-corrected chi connectivity index (χ3v) is 3.28. The molecule has 4 heteroatoms. The first-order chi connectivity index (χ1) is 7.99. The number of hydrogen-bond donors (Lipinski definition) is 0. The molecule has 0 radical (unpaired) electrons. The molecule has 1 saturated heterocycles. The van der Waals surface area contributed by atoms with E-state index in [-0.39, 0.29) is 13.2 Å². The molecule has 1 nitrogen and oxygen atoms in total. The molecule has 1 heterocycles. The van der Waals surface area contributed by atoms with E-state index in [4.69, 9.17) is 4.74 Å². The zero-order valence-corrected chi connectivity index (χ0v) is 9.68. The fourth-order valence-electron chi connectivity index (χ4n) is 2.08. The largest absolute Gasteiger partial charge is 0.402 e. The van der Waals surface area contributed by atoms with Crippen molar-refractivity contribution in [2.24, 2.45) is 0 Å². The number of hydrogen-bond acceptors (Lipinski definition) is 1. The van der Waals surface area contributed by atoms with Crippen LogP contribution in [0.25, 0.3) is 0 Å². The van der Waals surface area contributed by atoms with Crippen LogP contribution in [-0.4, -0.2) is 19.4 Å². The quantitative estimate of drug-likeness (QED) is 0.791. The molecule has 0 atom stereocenters. The predicted molar refractivity (Wildman–Crippen MR) is 59.0 cm³/mol. The third kappa shape index (κ3) is 2.06. The van der Waals surface area contributed by atoms with E-state index in [1.807, 2.05) is 6.92 Å². The SMILES string of the molecule is CCCc1ccc(C2(C(F)(F)F)COC2)cc1. The third-order valence-electron chi connectivity index (χ3n) is 3.28. The molecule has 17 heavy (non-hydrogen) atoms. The zero-order chi connectivity index (χ0) is 12.5. The smallest absolute Gasteiger partial charge is 0.379 e. The maximum Gasteiger partial charge on any atom is 0.402 e. The minimum absolute atomic E-state index is 0.260. The van der Waals surface area contributed by atoms with Gasteiger partial charge in [0.15, 0.2) is 0 Å². The molecule has 1 aromatic rings. The highest BCUT2D eigenvalue weighted by Crippen LogP contribution is 2.46. The summed E-state index contributed by atoms with van der Waals surface area (Å²) in [6, 6.07) is 6.73. The fraction of sp³-hybridized carbons (Fsp3) is 0.538. The van der Waals surface area contributed by atoms with Crippen molar-refractivity contribution < 1.29 is 17.9 Å². The summed E-state index contributed by atoms with van der Waals surface area (Å²) in [6.07, 6.45) is -2.35. The van der Waals surface area contributed by atoms with Gasteiger partial charge < -0.3 is 4.74 Å². The summed E-state index contributed by atoms with van der Waals surface area (Å²) in [7, 11) is 0. The molecule has 0 saturated carbocycles. The van der Waals surface area contributed by atoms with Crippen LogP contribution in [0.4, 0.5) is 13.2 Å². The van der Waals surface area contributed by atoms with Crippen LogP contribution in [0.3, 0.4) is 0 Å². The van der Waals surface area contributed by atoms with Gasteiger partial charge in [-0.15, -0.1) is 0 Å². The molecule has 94 valence electrons. The van der Waals surface area contributed by atoms with Crippen molar-refractivity contribution in [1.29, 1.82) is 0 Å². The monoisotopic (exact) mass is 244 g/mol. The van der Waals surface area contributed by atoms with Crippen LogP contribution in [0.1, 0.15) is 24.5 Å². The lowest BCUT2D eigenvalue weighted by molar-refractivity contribution is -0.262. The first-order valence-corrected chi connectivity index (χ1v) is 5.73. The number of ether oxygens (including phenoxy) is 1. The summed E-state index contributed by atoms with van der Waals surface area (Å²) in [6.45, 7) is 1.53. The second-order valence-corrected chi connectivity index (χ2v) is 4.52. The lowest BCUT2D eigenvalue weighted by Crippen LogP contribution is -2.57. The van der Waals surface area contributed by atoms with Gasteiger partial charge in [0.25, 0.3) is 0 Å². The summed E-state index contributed by atoms with van der Waals surface area (Å²) in [5.41, 5.74) is -0.387. The number of halogens is 3. The van der Waals surface area contributed by atoms with Gasteiger partial charge in [0.05, 0.1) is 13.2 Å². The van der Waals surface area contributed by atoms with E-state index in [1.165, 1.54) is 0 Å². The molecule has 0 unspecified atom stereocenters. The molecule has 1 aliphatic heterocycles. The van der Waals surface area contributed by atoms with Crippen LogP contribution in [0, 0.1) is 0 Å². The molecule has 0 N–H and O–H groups in total. The molecule has 0 spiro atoms. The van der Waals surface area contributed by atoms with Crippen LogP contribution in [0.5, 0.6) is 0 Å². The van der Waals surface area contributed by atoms with Gasteiger partial charge in [0.2, 0.25) is 0 Å². The van der Waals surface area contributed by atoms with E-state index in [2.05, 4.69) is 0 Å². The maximum absolute atomic E-state index is 13.0. The van der Waals surface area contributed by atoms with E-state index in [0.717, 1.165) is 18.4 Å². The van der Waals surface area contributed by atoms with Gasteiger partial charge in [-0.1, -0.05) is 37.6 Å². The Kier molecular flexibility index (Phi) is 3.17. The van der Waals surface area contributed by atoms with Gasteiger partial charge >= 0.3 is 6.18 Å². The van der Waals surface area contributed by atoms with Crippen molar-refractivity contribution in [2.45, 2.75) is 31.4 Å². The minimum Gasteiger partial charge on any atom is -0.379 e. The topological polar surface area (TPSA) is 9.23 Å². The molecular formula is C13H15F3O. The van der Waals surface area contributed by atoms with Gasteiger partial charge in [-0.3, -0.25) is 0 Å². The zero-order valence-electron chi connectivity index (χ0n) is 9.68. The van der Waals surface area contributed by atoms with Crippen LogP contribution >= 0.6 is 0 Å². The number of aryl methyl sites for hydroxylation is 1. The molecule has 1 aromatic carbocycles. The van der Waals surface area contributed by atoms with Crippen LogP contribution in [0.15, 0.2) is 24.3 Å². The Morgan fingerprint density at radius 2 is 1.76 bits per heavy atom. The van der Waals surface area contributed by atoms with Gasteiger partial charge in [-0.05, 0) is 17.5 Å².